The Kier molecular flexibility index (Phi) is 7.71. The van der Waals surface area contributed by atoms with Crippen molar-refractivity contribution < 1.29 is 0 Å². The van der Waals surface area contributed by atoms with Gasteiger partial charge in [-0.15, -0.1) is 0 Å². The summed E-state index contributed by atoms with van der Waals surface area (Å²) in [7, 11) is 0. The highest BCUT2D eigenvalue weighted by molar-refractivity contribution is 5.94. The molecule has 50 heavy (non-hydrogen) atoms. The summed E-state index contributed by atoms with van der Waals surface area (Å²) in [5, 5.41) is 0. The zero-order valence-corrected chi connectivity index (χ0v) is 30.5. The van der Waals surface area contributed by atoms with E-state index in [0.29, 0.717) is 0 Å². The molecule has 2 heterocycles. The molecular formula is C46H46N4. The average Bonchev–Trinajstić information content (AvgIpc) is 3.58. The van der Waals surface area contributed by atoms with E-state index in [2.05, 4.69) is 196 Å². The van der Waals surface area contributed by atoms with E-state index in [0.717, 1.165) is 0 Å². The Labute approximate surface area is 297 Å². The molecular weight excluding hydrogens is 609 g/mol. The zero-order valence-electron chi connectivity index (χ0n) is 30.5. The molecule has 4 heteroatoms. The number of hydrogen-bond donors (Lipinski definition) is 0. The molecule has 0 aliphatic carbocycles. The van der Waals surface area contributed by atoms with Gasteiger partial charge < -0.3 is 19.6 Å². The average molecular weight is 655 g/mol. The number of hydrogen-bond acceptors (Lipinski definition) is 4. The van der Waals surface area contributed by atoms with Gasteiger partial charge in [0.25, 0.3) is 0 Å². The first-order chi connectivity index (χ1) is 24.1. The van der Waals surface area contributed by atoms with Gasteiger partial charge in [-0.1, -0.05) is 54.6 Å². The number of fused-ring (bicyclic) bond motifs is 2. The lowest BCUT2D eigenvalue weighted by molar-refractivity contribution is 0.549. The molecule has 0 aromatic heterocycles. The minimum absolute atomic E-state index is 0.164. The van der Waals surface area contributed by atoms with E-state index in [1.165, 1.54) is 90.0 Å². The third-order valence-electron chi connectivity index (χ3n) is 10.2. The van der Waals surface area contributed by atoms with E-state index in [4.69, 9.17) is 0 Å². The van der Waals surface area contributed by atoms with Crippen molar-refractivity contribution in [2.75, 3.05) is 19.6 Å². The normalized spacial score (nSPS) is 15.6. The molecule has 6 aromatic carbocycles. The molecule has 0 spiro atoms. The van der Waals surface area contributed by atoms with E-state index in [1.807, 2.05) is 0 Å². The molecule has 0 bridgehead atoms. The molecule has 1 unspecified atom stereocenters. The highest BCUT2D eigenvalue weighted by Gasteiger charge is 2.52. The minimum atomic E-state index is -0.164. The first kappa shape index (κ1) is 31.8. The standard InChI is InChI=1S/C46H46N4/c1-29-17-18-36(8)44(28-29)50-43-16-12-11-15-42(43)49(39-26-34(6)21-35(7)27-39)46(50)45-47(37-22-30(2)19-31(3)23-37)40-13-9-10-14-41(40)48(45)38-24-32(4)20-33(5)25-38/h9-28,45-46H,1-8H3. The predicted molar refractivity (Wildman–Crippen MR) is 213 cm³/mol. The fraction of sp³-hybridized carbons (Fsp3) is 0.217. The Bertz CT molecular complexity index is 2130. The second kappa shape index (κ2) is 12.1. The lowest BCUT2D eigenvalue weighted by Crippen LogP contribution is -2.58. The van der Waals surface area contributed by atoms with E-state index in [1.54, 1.807) is 0 Å². The fourth-order valence-corrected chi connectivity index (χ4v) is 8.47. The van der Waals surface area contributed by atoms with Crippen LogP contribution in [-0.4, -0.2) is 12.3 Å². The van der Waals surface area contributed by atoms with E-state index < -0.39 is 0 Å². The van der Waals surface area contributed by atoms with Crippen LogP contribution in [0.4, 0.5) is 45.5 Å². The molecule has 4 nitrogen and oxygen atoms in total. The molecule has 0 fully saturated rings. The molecule has 1 atom stereocenters. The molecule has 250 valence electrons. The van der Waals surface area contributed by atoms with Crippen LogP contribution in [0.15, 0.2) is 121 Å². The minimum Gasteiger partial charge on any atom is -0.314 e. The van der Waals surface area contributed by atoms with Crippen LogP contribution in [0, 0.1) is 55.4 Å². The van der Waals surface area contributed by atoms with E-state index >= 15 is 0 Å². The smallest absolute Gasteiger partial charge is 0.151 e. The maximum absolute atomic E-state index is 2.62. The quantitative estimate of drug-likeness (QED) is 0.183. The number of nitrogens with zero attached hydrogens (tertiary/aromatic N) is 4. The first-order valence-electron chi connectivity index (χ1n) is 17.7. The van der Waals surface area contributed by atoms with Crippen molar-refractivity contribution in [2.45, 2.75) is 67.7 Å². The van der Waals surface area contributed by atoms with Crippen molar-refractivity contribution in [1.82, 2.24) is 0 Å². The van der Waals surface area contributed by atoms with Crippen LogP contribution < -0.4 is 19.6 Å². The van der Waals surface area contributed by atoms with Crippen LogP contribution in [0.25, 0.3) is 0 Å². The SMILES string of the molecule is Cc1cc(C)cc(N2c3ccccc3N(c3cc(C)cc(C)c3)C2C2N(c3cc(C)cc(C)c3)c3ccccc3N2c2cc(C)ccc2C)c1. The van der Waals surface area contributed by atoms with Crippen molar-refractivity contribution in [2.24, 2.45) is 0 Å². The van der Waals surface area contributed by atoms with Gasteiger partial charge in [-0.25, -0.2) is 0 Å². The Morgan fingerprint density at radius 3 is 0.980 bits per heavy atom. The third kappa shape index (κ3) is 5.31. The van der Waals surface area contributed by atoms with Gasteiger partial charge in [0, 0.05) is 22.7 Å². The van der Waals surface area contributed by atoms with Crippen molar-refractivity contribution in [3.05, 3.63) is 166 Å². The van der Waals surface area contributed by atoms with Crippen molar-refractivity contribution in [3.63, 3.8) is 0 Å². The molecule has 0 saturated carbocycles. The van der Waals surface area contributed by atoms with Gasteiger partial charge in [-0.05, 0) is 167 Å². The van der Waals surface area contributed by atoms with Crippen LogP contribution in [0.5, 0.6) is 0 Å². The van der Waals surface area contributed by atoms with Gasteiger partial charge in [0.1, 0.15) is 0 Å². The van der Waals surface area contributed by atoms with E-state index in [-0.39, 0.29) is 12.3 Å². The van der Waals surface area contributed by atoms with Gasteiger partial charge in [-0.2, -0.15) is 0 Å². The molecule has 2 aliphatic rings. The maximum Gasteiger partial charge on any atom is 0.151 e. The number of anilines is 8. The van der Waals surface area contributed by atoms with Gasteiger partial charge >= 0.3 is 0 Å². The summed E-state index contributed by atoms with van der Waals surface area (Å²) in [6, 6.07) is 45.8. The summed E-state index contributed by atoms with van der Waals surface area (Å²) in [6.07, 6.45) is -0.328. The Morgan fingerprint density at radius 2 is 0.620 bits per heavy atom. The molecule has 2 aliphatic heterocycles. The number of para-hydroxylation sites is 4. The summed E-state index contributed by atoms with van der Waals surface area (Å²) in [5.41, 5.74) is 19.7. The van der Waals surface area contributed by atoms with Gasteiger partial charge in [-0.3, -0.25) is 0 Å². The van der Waals surface area contributed by atoms with Crippen molar-refractivity contribution >= 4 is 45.5 Å². The largest absolute Gasteiger partial charge is 0.314 e. The number of rotatable bonds is 5. The molecule has 8 rings (SSSR count). The van der Waals surface area contributed by atoms with Crippen LogP contribution >= 0.6 is 0 Å². The molecule has 0 amide bonds. The van der Waals surface area contributed by atoms with Crippen LogP contribution in [0.3, 0.4) is 0 Å². The topological polar surface area (TPSA) is 13.0 Å². The lowest BCUT2D eigenvalue weighted by atomic mass is 10.1. The predicted octanol–water partition coefficient (Wildman–Crippen LogP) is 12.1. The first-order valence-corrected chi connectivity index (χ1v) is 17.7. The van der Waals surface area contributed by atoms with Crippen LogP contribution in [0.1, 0.15) is 44.5 Å². The highest BCUT2D eigenvalue weighted by Crippen LogP contribution is 2.56. The van der Waals surface area contributed by atoms with E-state index in [9.17, 15) is 0 Å². The Morgan fingerprint density at radius 1 is 0.300 bits per heavy atom. The number of benzene rings is 6. The molecule has 0 N–H and O–H groups in total. The van der Waals surface area contributed by atoms with Crippen LogP contribution in [0.2, 0.25) is 0 Å². The highest BCUT2D eigenvalue weighted by atomic mass is 15.5. The Hall–Kier alpha value is -5.48. The fourth-order valence-electron chi connectivity index (χ4n) is 8.47. The maximum atomic E-state index is 2.62. The second-order valence-corrected chi connectivity index (χ2v) is 14.6. The Balaban J connectivity index is 1.49. The number of aryl methyl sites for hydroxylation is 8. The summed E-state index contributed by atoms with van der Waals surface area (Å²) < 4.78 is 0. The summed E-state index contributed by atoms with van der Waals surface area (Å²) in [4.78, 5) is 10.4. The summed E-state index contributed by atoms with van der Waals surface area (Å²) in [5.74, 6) is 0. The molecule has 0 radical (unpaired) electrons. The summed E-state index contributed by atoms with van der Waals surface area (Å²) >= 11 is 0. The molecule has 0 saturated heterocycles. The van der Waals surface area contributed by atoms with Gasteiger partial charge in [0.05, 0.1) is 22.7 Å². The van der Waals surface area contributed by atoms with Crippen molar-refractivity contribution in [3.8, 4) is 0 Å². The lowest BCUT2D eigenvalue weighted by Gasteiger charge is -2.45. The summed E-state index contributed by atoms with van der Waals surface area (Å²) in [6.45, 7) is 17.7. The van der Waals surface area contributed by atoms with Crippen molar-refractivity contribution in [1.29, 1.82) is 0 Å². The molecule has 6 aromatic rings. The monoisotopic (exact) mass is 654 g/mol. The van der Waals surface area contributed by atoms with Gasteiger partial charge in [0.15, 0.2) is 12.3 Å². The second-order valence-electron chi connectivity index (χ2n) is 14.6. The van der Waals surface area contributed by atoms with Gasteiger partial charge in [0.2, 0.25) is 0 Å². The van der Waals surface area contributed by atoms with Crippen LogP contribution in [-0.2, 0) is 0 Å². The zero-order chi connectivity index (χ0) is 34.8. The third-order valence-corrected chi connectivity index (χ3v) is 10.2.